The molecule has 7 nitrogen and oxygen atoms in total. The van der Waals surface area contributed by atoms with Gasteiger partial charge in [0.25, 0.3) is 5.91 Å². The molecule has 0 radical (unpaired) electrons. The molecule has 0 spiro atoms. The summed E-state index contributed by atoms with van der Waals surface area (Å²) in [5, 5.41) is 12.1. The number of amides is 1. The molecule has 1 aromatic heterocycles. The number of carbonyl (C=O) groups is 2. The van der Waals surface area contributed by atoms with Crippen LogP contribution in [0.4, 0.5) is 0 Å². The predicted molar refractivity (Wildman–Crippen MR) is 158 cm³/mol. The summed E-state index contributed by atoms with van der Waals surface area (Å²) in [7, 11) is 0. The second-order valence-corrected chi connectivity index (χ2v) is 10.5. The van der Waals surface area contributed by atoms with Gasteiger partial charge in [-0.3, -0.25) is 4.79 Å². The molecule has 2 N–H and O–H groups in total. The Balaban J connectivity index is 1.43. The summed E-state index contributed by atoms with van der Waals surface area (Å²) < 4.78 is 7.33. The molecule has 2 heterocycles. The van der Waals surface area contributed by atoms with Gasteiger partial charge in [-0.15, -0.1) is 0 Å². The molecule has 3 aromatic rings. The van der Waals surface area contributed by atoms with Crippen LogP contribution in [-0.2, 0) is 9.53 Å². The van der Waals surface area contributed by atoms with E-state index in [1.165, 1.54) is 0 Å². The van der Waals surface area contributed by atoms with Gasteiger partial charge in [0.15, 0.2) is 5.69 Å². The number of benzene rings is 2. The van der Waals surface area contributed by atoms with Crippen LogP contribution < -0.4 is 10.6 Å². The van der Waals surface area contributed by atoms with Crippen LogP contribution in [0.15, 0.2) is 89.9 Å². The van der Waals surface area contributed by atoms with Gasteiger partial charge >= 0.3 is 5.97 Å². The number of nitrogens with zero attached hydrogens (tertiary/aromatic N) is 2. The zero-order valence-electron chi connectivity index (χ0n) is 21.5. The maximum atomic E-state index is 13.5. The third-order valence-electron chi connectivity index (χ3n) is 6.55. The Bertz CT molecular complexity index is 1600. The van der Waals surface area contributed by atoms with E-state index >= 15 is 0 Å². The van der Waals surface area contributed by atoms with Gasteiger partial charge in [0.05, 0.1) is 22.9 Å². The maximum absolute atomic E-state index is 13.5. The first kappa shape index (κ1) is 27.8. The van der Waals surface area contributed by atoms with E-state index in [0.29, 0.717) is 61.9 Å². The monoisotopic (exact) mass is 594 g/mol. The lowest BCUT2D eigenvalue weighted by Gasteiger charge is -2.18. The summed E-state index contributed by atoms with van der Waals surface area (Å²) in [5.41, 5.74) is 4.26. The van der Waals surface area contributed by atoms with Crippen molar-refractivity contribution < 1.29 is 14.3 Å². The first-order valence-electron chi connectivity index (χ1n) is 12.6. The topological polar surface area (TPSA) is 85.2 Å². The molecular formula is C30H25Cl3N4O3. The fraction of sp³-hybridized carbons (Fsp3) is 0.167. The van der Waals surface area contributed by atoms with Crippen LogP contribution in [-0.4, -0.2) is 34.7 Å². The van der Waals surface area contributed by atoms with Crippen LogP contribution in [0, 0.1) is 6.92 Å². The SMILES string of the molecule is Cc1c(C(=O)NCC2=C(OC(=O)C3=CC=CCC3)CNC=C2)nn(-c2ccc(Cl)cc2Cl)c1-c1ccc(Cl)cc1. The number of dihydropyridines is 1. The van der Waals surface area contributed by atoms with Gasteiger partial charge in [-0.05, 0) is 62.4 Å². The maximum Gasteiger partial charge on any atom is 0.339 e. The van der Waals surface area contributed by atoms with Crippen molar-refractivity contribution in [2.75, 3.05) is 13.1 Å². The molecule has 204 valence electrons. The fourth-order valence-corrected chi connectivity index (χ4v) is 5.09. The van der Waals surface area contributed by atoms with Crippen LogP contribution in [0.5, 0.6) is 0 Å². The van der Waals surface area contributed by atoms with Crippen molar-refractivity contribution in [1.82, 2.24) is 20.4 Å². The van der Waals surface area contributed by atoms with E-state index in [1.807, 2.05) is 31.2 Å². The average molecular weight is 596 g/mol. The first-order valence-corrected chi connectivity index (χ1v) is 13.7. The van der Waals surface area contributed by atoms with Crippen LogP contribution in [0.25, 0.3) is 16.9 Å². The third-order valence-corrected chi connectivity index (χ3v) is 7.34. The molecule has 0 unspecified atom stereocenters. The first-order chi connectivity index (χ1) is 19.3. The minimum atomic E-state index is -0.387. The highest BCUT2D eigenvalue weighted by atomic mass is 35.5. The lowest BCUT2D eigenvalue weighted by molar-refractivity contribution is -0.135. The Hall–Kier alpha value is -3.78. The van der Waals surface area contributed by atoms with Crippen molar-refractivity contribution in [3.63, 3.8) is 0 Å². The van der Waals surface area contributed by atoms with Gasteiger partial charge in [0.1, 0.15) is 5.76 Å². The van der Waals surface area contributed by atoms with E-state index in [9.17, 15) is 9.59 Å². The highest BCUT2D eigenvalue weighted by molar-refractivity contribution is 6.35. The molecule has 1 aliphatic heterocycles. The number of aromatic nitrogens is 2. The summed E-state index contributed by atoms with van der Waals surface area (Å²) in [5.74, 6) is -0.315. The van der Waals surface area contributed by atoms with Crippen LogP contribution >= 0.6 is 34.8 Å². The van der Waals surface area contributed by atoms with Gasteiger partial charge in [-0.25, -0.2) is 9.48 Å². The second-order valence-electron chi connectivity index (χ2n) is 9.23. The number of halogens is 3. The Morgan fingerprint density at radius 2 is 1.88 bits per heavy atom. The summed E-state index contributed by atoms with van der Waals surface area (Å²) in [4.78, 5) is 26.1. The van der Waals surface area contributed by atoms with Gasteiger partial charge in [0, 0.05) is 38.9 Å². The van der Waals surface area contributed by atoms with Crippen molar-refractivity contribution in [1.29, 1.82) is 0 Å². The number of ether oxygens (including phenoxy) is 1. The van der Waals surface area contributed by atoms with Gasteiger partial charge in [-0.2, -0.15) is 5.10 Å². The molecular weight excluding hydrogens is 571 g/mol. The van der Waals surface area contributed by atoms with E-state index in [2.05, 4.69) is 15.7 Å². The van der Waals surface area contributed by atoms with Crippen LogP contribution in [0.2, 0.25) is 15.1 Å². The summed E-state index contributed by atoms with van der Waals surface area (Å²) >= 11 is 18.8. The van der Waals surface area contributed by atoms with Crippen molar-refractivity contribution in [3.8, 4) is 16.9 Å². The number of hydrogen-bond acceptors (Lipinski definition) is 5. The normalized spacial score (nSPS) is 14.6. The number of hydrogen-bond donors (Lipinski definition) is 2. The second kappa shape index (κ2) is 12.2. The molecule has 0 bridgehead atoms. The smallest absolute Gasteiger partial charge is 0.339 e. The largest absolute Gasteiger partial charge is 0.425 e. The molecule has 40 heavy (non-hydrogen) atoms. The Labute approximate surface area is 246 Å². The molecule has 2 aliphatic rings. The minimum absolute atomic E-state index is 0.142. The molecule has 0 fully saturated rings. The summed E-state index contributed by atoms with van der Waals surface area (Å²) in [6.07, 6.45) is 10.6. The Morgan fingerprint density at radius 3 is 2.60 bits per heavy atom. The van der Waals surface area contributed by atoms with E-state index in [1.54, 1.807) is 53.4 Å². The molecule has 0 saturated heterocycles. The molecule has 1 aliphatic carbocycles. The standard InChI is InChI=1S/C30H25Cl3N4O3/c1-18-27(29(38)35-16-21-13-14-34-17-26(21)40-30(39)20-5-3-2-4-6-20)36-37(25-12-11-23(32)15-24(25)33)28(18)19-7-9-22(31)10-8-19/h2-3,5,7-15,34H,4,6,16-17H2,1H3,(H,35,38). The summed E-state index contributed by atoms with van der Waals surface area (Å²) in [6.45, 7) is 2.30. The van der Waals surface area contributed by atoms with Crippen molar-refractivity contribution in [2.24, 2.45) is 0 Å². The average Bonchev–Trinajstić information content (AvgIpc) is 3.30. The van der Waals surface area contributed by atoms with Crippen molar-refractivity contribution in [3.05, 3.63) is 116 Å². The van der Waals surface area contributed by atoms with Crippen molar-refractivity contribution >= 4 is 46.7 Å². The minimum Gasteiger partial charge on any atom is -0.425 e. The molecule has 0 atom stereocenters. The van der Waals surface area contributed by atoms with E-state index in [4.69, 9.17) is 39.5 Å². The third kappa shape index (κ3) is 6.02. The fourth-order valence-electron chi connectivity index (χ4n) is 4.47. The number of rotatable bonds is 7. The predicted octanol–water partition coefficient (Wildman–Crippen LogP) is 6.73. The number of allylic oxidation sites excluding steroid dienone is 3. The van der Waals surface area contributed by atoms with Crippen molar-refractivity contribution in [2.45, 2.75) is 19.8 Å². The molecule has 2 aromatic carbocycles. The Kier molecular flexibility index (Phi) is 8.45. The van der Waals surface area contributed by atoms with Gasteiger partial charge < -0.3 is 15.4 Å². The van der Waals surface area contributed by atoms with E-state index in [0.717, 1.165) is 12.0 Å². The lowest BCUT2D eigenvalue weighted by Crippen LogP contribution is -2.30. The molecule has 1 amide bonds. The Morgan fingerprint density at radius 1 is 1.10 bits per heavy atom. The molecule has 10 heteroatoms. The zero-order valence-corrected chi connectivity index (χ0v) is 23.8. The molecule has 0 saturated carbocycles. The van der Waals surface area contributed by atoms with Crippen LogP contribution in [0.1, 0.15) is 28.9 Å². The van der Waals surface area contributed by atoms with Gasteiger partial charge in [0.2, 0.25) is 0 Å². The lowest BCUT2D eigenvalue weighted by atomic mass is 10.1. The number of esters is 1. The van der Waals surface area contributed by atoms with Crippen LogP contribution in [0.3, 0.4) is 0 Å². The highest BCUT2D eigenvalue weighted by Crippen LogP contribution is 2.33. The van der Waals surface area contributed by atoms with Gasteiger partial charge in [-0.1, -0.05) is 65.2 Å². The van der Waals surface area contributed by atoms with E-state index < -0.39 is 0 Å². The van der Waals surface area contributed by atoms with E-state index in [-0.39, 0.29) is 24.1 Å². The molecule has 5 rings (SSSR count). The number of carbonyl (C=O) groups excluding carboxylic acids is 2. The number of nitrogens with one attached hydrogen (secondary N) is 2. The highest BCUT2D eigenvalue weighted by Gasteiger charge is 2.24. The zero-order chi connectivity index (χ0) is 28.2. The quantitative estimate of drug-likeness (QED) is 0.296. The summed E-state index contributed by atoms with van der Waals surface area (Å²) in [6, 6.07) is 12.3.